The predicted molar refractivity (Wildman–Crippen MR) is 116 cm³/mol. The fraction of sp³-hybridized carbons (Fsp3) is 0.381. The van der Waals surface area contributed by atoms with E-state index in [1.54, 1.807) is 11.3 Å². The standard InChI is InChI=1S/C21H24N4O3S/c1-21(2,3)28-20(26)22-15-6-4-5-14(13-15)18-23-16-7-12-29-17(16)19(24-18)25-8-10-27-11-9-25/h4-7,12-13H,8-11H2,1-3H3,(H,22,26). The summed E-state index contributed by atoms with van der Waals surface area (Å²) in [5.74, 6) is 1.57. The molecule has 4 rings (SSSR count). The van der Waals surface area contributed by atoms with Gasteiger partial charge in [0.1, 0.15) is 5.60 Å². The molecule has 0 aliphatic carbocycles. The topological polar surface area (TPSA) is 76.6 Å². The van der Waals surface area contributed by atoms with Gasteiger partial charge >= 0.3 is 6.09 Å². The van der Waals surface area contributed by atoms with Crippen LogP contribution in [-0.2, 0) is 9.47 Å². The summed E-state index contributed by atoms with van der Waals surface area (Å²) >= 11 is 1.65. The number of benzene rings is 1. The van der Waals surface area contributed by atoms with E-state index < -0.39 is 11.7 Å². The van der Waals surface area contributed by atoms with Gasteiger partial charge in [-0.3, -0.25) is 5.32 Å². The summed E-state index contributed by atoms with van der Waals surface area (Å²) in [6.07, 6.45) is -0.488. The van der Waals surface area contributed by atoms with Crippen molar-refractivity contribution in [2.45, 2.75) is 26.4 Å². The van der Waals surface area contributed by atoms with Crippen molar-refractivity contribution in [3.05, 3.63) is 35.7 Å². The van der Waals surface area contributed by atoms with Crippen molar-refractivity contribution in [2.24, 2.45) is 0 Å². The number of thiophene rings is 1. The van der Waals surface area contributed by atoms with Gasteiger partial charge in [-0.1, -0.05) is 12.1 Å². The number of hydrogen-bond donors (Lipinski definition) is 1. The molecule has 0 atom stereocenters. The quantitative estimate of drug-likeness (QED) is 0.680. The molecule has 3 heterocycles. The van der Waals surface area contributed by atoms with Crippen LogP contribution in [-0.4, -0.2) is 48.0 Å². The maximum atomic E-state index is 12.1. The number of fused-ring (bicyclic) bond motifs is 1. The molecule has 0 spiro atoms. The molecule has 7 nitrogen and oxygen atoms in total. The number of rotatable bonds is 3. The monoisotopic (exact) mass is 412 g/mol. The van der Waals surface area contributed by atoms with Crippen molar-refractivity contribution in [3.63, 3.8) is 0 Å². The van der Waals surface area contributed by atoms with Crippen molar-refractivity contribution in [2.75, 3.05) is 36.5 Å². The summed E-state index contributed by atoms with van der Waals surface area (Å²) in [7, 11) is 0. The third kappa shape index (κ3) is 4.65. The highest BCUT2D eigenvalue weighted by Crippen LogP contribution is 2.32. The van der Waals surface area contributed by atoms with Crippen LogP contribution in [0.3, 0.4) is 0 Å². The Morgan fingerprint density at radius 2 is 2.00 bits per heavy atom. The Kier molecular flexibility index (Phi) is 5.38. The van der Waals surface area contributed by atoms with Gasteiger partial charge in [-0.2, -0.15) is 0 Å². The Morgan fingerprint density at radius 3 is 2.76 bits per heavy atom. The molecule has 3 aromatic rings. The largest absolute Gasteiger partial charge is 0.444 e. The van der Waals surface area contributed by atoms with Gasteiger partial charge in [-0.05, 0) is 44.4 Å². The molecular weight excluding hydrogens is 388 g/mol. The minimum atomic E-state index is -0.554. The van der Waals surface area contributed by atoms with Gasteiger partial charge in [-0.25, -0.2) is 14.8 Å². The molecule has 1 fully saturated rings. The van der Waals surface area contributed by atoms with Gasteiger partial charge in [0.25, 0.3) is 0 Å². The van der Waals surface area contributed by atoms with Gasteiger partial charge in [0, 0.05) is 24.3 Å². The third-order valence-electron chi connectivity index (χ3n) is 4.36. The first-order valence-corrected chi connectivity index (χ1v) is 10.5. The average molecular weight is 413 g/mol. The van der Waals surface area contributed by atoms with E-state index in [0.717, 1.165) is 34.7 Å². The molecule has 8 heteroatoms. The first kappa shape index (κ1) is 19.6. The van der Waals surface area contributed by atoms with Crippen LogP contribution in [0.15, 0.2) is 35.7 Å². The Hall–Kier alpha value is -2.71. The summed E-state index contributed by atoms with van der Waals surface area (Å²) in [5.41, 5.74) is 1.84. The number of nitrogens with one attached hydrogen (secondary N) is 1. The number of hydrogen-bond acceptors (Lipinski definition) is 7. The lowest BCUT2D eigenvalue weighted by Crippen LogP contribution is -2.36. The molecule has 152 valence electrons. The molecule has 2 aromatic heterocycles. The lowest BCUT2D eigenvalue weighted by atomic mass is 10.2. The maximum absolute atomic E-state index is 12.1. The summed E-state index contributed by atoms with van der Waals surface area (Å²) in [6, 6.07) is 9.51. The minimum absolute atomic E-state index is 0.488. The highest BCUT2D eigenvalue weighted by Gasteiger charge is 2.20. The Morgan fingerprint density at radius 1 is 1.21 bits per heavy atom. The van der Waals surface area contributed by atoms with Crippen LogP contribution in [0.2, 0.25) is 0 Å². The molecule has 1 aliphatic rings. The third-order valence-corrected chi connectivity index (χ3v) is 5.26. The first-order valence-electron chi connectivity index (χ1n) is 9.57. The van der Waals surface area contributed by atoms with Crippen LogP contribution in [0.25, 0.3) is 21.6 Å². The van der Waals surface area contributed by atoms with E-state index in [0.29, 0.717) is 24.7 Å². The number of amides is 1. The maximum Gasteiger partial charge on any atom is 0.412 e. The smallest absolute Gasteiger partial charge is 0.412 e. The summed E-state index contributed by atoms with van der Waals surface area (Å²) in [4.78, 5) is 24.0. The Balaban J connectivity index is 1.65. The van der Waals surface area contributed by atoms with E-state index >= 15 is 0 Å². The van der Waals surface area contributed by atoms with Crippen LogP contribution in [0, 0.1) is 0 Å². The van der Waals surface area contributed by atoms with E-state index in [-0.39, 0.29) is 0 Å². The molecule has 1 saturated heterocycles. The second-order valence-electron chi connectivity index (χ2n) is 7.81. The molecule has 1 N–H and O–H groups in total. The number of nitrogens with zero attached hydrogens (tertiary/aromatic N) is 3. The molecule has 0 bridgehead atoms. The zero-order valence-electron chi connectivity index (χ0n) is 16.8. The Labute approximate surface area is 173 Å². The van der Waals surface area contributed by atoms with Crippen molar-refractivity contribution >= 4 is 39.2 Å². The summed E-state index contributed by atoms with van der Waals surface area (Å²) < 4.78 is 11.9. The van der Waals surface area contributed by atoms with Gasteiger partial charge in [-0.15, -0.1) is 11.3 Å². The first-order chi connectivity index (χ1) is 13.9. The van der Waals surface area contributed by atoms with Crippen molar-refractivity contribution < 1.29 is 14.3 Å². The second kappa shape index (κ2) is 7.96. The zero-order chi connectivity index (χ0) is 20.4. The number of ether oxygens (including phenoxy) is 2. The van der Waals surface area contributed by atoms with Crippen molar-refractivity contribution in [1.29, 1.82) is 0 Å². The molecule has 0 saturated carbocycles. The van der Waals surface area contributed by atoms with Gasteiger partial charge in [0.05, 0.1) is 23.4 Å². The van der Waals surface area contributed by atoms with E-state index in [9.17, 15) is 4.79 Å². The van der Waals surface area contributed by atoms with E-state index in [2.05, 4.69) is 10.2 Å². The number of morpholine rings is 1. The van der Waals surface area contributed by atoms with E-state index in [1.165, 1.54) is 0 Å². The number of carbonyl (C=O) groups excluding carboxylic acids is 1. The molecule has 1 amide bonds. The lowest BCUT2D eigenvalue weighted by Gasteiger charge is -2.28. The Bertz CT molecular complexity index is 1020. The lowest BCUT2D eigenvalue weighted by molar-refractivity contribution is 0.0636. The van der Waals surface area contributed by atoms with Crippen LogP contribution < -0.4 is 10.2 Å². The molecular formula is C21H24N4O3S. The fourth-order valence-corrected chi connectivity index (χ4v) is 3.97. The van der Waals surface area contributed by atoms with Crippen LogP contribution in [0.4, 0.5) is 16.3 Å². The van der Waals surface area contributed by atoms with Crippen LogP contribution in [0.1, 0.15) is 20.8 Å². The van der Waals surface area contributed by atoms with Gasteiger partial charge < -0.3 is 14.4 Å². The molecule has 29 heavy (non-hydrogen) atoms. The van der Waals surface area contributed by atoms with E-state index in [4.69, 9.17) is 19.4 Å². The normalized spacial score (nSPS) is 14.8. The van der Waals surface area contributed by atoms with Gasteiger partial charge in [0.15, 0.2) is 11.6 Å². The van der Waals surface area contributed by atoms with Crippen LogP contribution in [0.5, 0.6) is 0 Å². The summed E-state index contributed by atoms with van der Waals surface area (Å²) in [6.45, 7) is 8.51. The highest BCUT2D eigenvalue weighted by atomic mass is 32.1. The predicted octanol–water partition coefficient (Wildman–Crippen LogP) is 4.54. The van der Waals surface area contributed by atoms with Crippen molar-refractivity contribution in [1.82, 2.24) is 9.97 Å². The molecule has 1 aromatic carbocycles. The number of aromatic nitrogens is 2. The SMILES string of the molecule is CC(C)(C)OC(=O)Nc1cccc(-c2nc(N3CCOCC3)c3sccc3n2)c1. The number of carbonyl (C=O) groups is 1. The number of anilines is 2. The van der Waals surface area contributed by atoms with Gasteiger partial charge in [0.2, 0.25) is 0 Å². The molecule has 0 radical (unpaired) electrons. The zero-order valence-corrected chi connectivity index (χ0v) is 17.6. The minimum Gasteiger partial charge on any atom is -0.444 e. The fourth-order valence-electron chi connectivity index (χ4n) is 3.12. The average Bonchev–Trinajstić information content (AvgIpc) is 3.15. The van der Waals surface area contributed by atoms with Crippen molar-refractivity contribution in [3.8, 4) is 11.4 Å². The second-order valence-corrected chi connectivity index (χ2v) is 8.73. The van der Waals surface area contributed by atoms with E-state index in [1.807, 2.05) is 56.5 Å². The molecule has 0 unspecified atom stereocenters. The molecule has 1 aliphatic heterocycles. The van der Waals surface area contributed by atoms with Crippen LogP contribution >= 0.6 is 11.3 Å². The summed E-state index contributed by atoms with van der Waals surface area (Å²) in [5, 5.41) is 4.81. The highest BCUT2D eigenvalue weighted by molar-refractivity contribution is 7.17.